The third kappa shape index (κ3) is 5.77. The van der Waals surface area contributed by atoms with Crippen molar-refractivity contribution in [3.8, 4) is 5.75 Å². The maximum atomic E-state index is 13.1. The van der Waals surface area contributed by atoms with Crippen LogP contribution in [0.3, 0.4) is 0 Å². The predicted octanol–water partition coefficient (Wildman–Crippen LogP) is 3.54. The lowest BCUT2D eigenvalue weighted by molar-refractivity contribution is -0.274. The molecular weight excluding hydrogens is 465 g/mol. The van der Waals surface area contributed by atoms with Crippen molar-refractivity contribution in [2.45, 2.75) is 45.1 Å². The number of pyridine rings is 1. The average molecular weight is 492 g/mol. The third-order valence-corrected chi connectivity index (χ3v) is 6.35. The summed E-state index contributed by atoms with van der Waals surface area (Å²) < 4.78 is 42.6. The second kappa shape index (κ2) is 9.63. The van der Waals surface area contributed by atoms with E-state index in [-0.39, 0.29) is 35.0 Å². The van der Waals surface area contributed by atoms with Gasteiger partial charge >= 0.3 is 12.4 Å². The van der Waals surface area contributed by atoms with Crippen molar-refractivity contribution in [2.24, 2.45) is 11.8 Å². The molecule has 1 aromatic carbocycles. The number of benzene rings is 1. The molecule has 3 amide bonds. The number of hydrogen-bond donors (Lipinski definition) is 2. The fraction of sp³-hybridized carbons (Fsp3) is 0.458. The summed E-state index contributed by atoms with van der Waals surface area (Å²) in [4.78, 5) is 39.9. The molecule has 188 valence electrons. The maximum Gasteiger partial charge on any atom is 0.573 e. The fourth-order valence-electron chi connectivity index (χ4n) is 4.78. The van der Waals surface area contributed by atoms with Crippen LogP contribution < -0.4 is 20.9 Å². The number of amides is 3. The Bertz CT molecular complexity index is 1150. The van der Waals surface area contributed by atoms with Crippen molar-refractivity contribution < 1.29 is 27.5 Å². The molecule has 1 saturated heterocycles. The number of halogens is 3. The molecule has 11 heteroatoms. The molecule has 2 aromatic rings. The summed E-state index contributed by atoms with van der Waals surface area (Å²) >= 11 is 0. The zero-order chi connectivity index (χ0) is 25.3. The molecule has 1 aromatic heterocycles. The van der Waals surface area contributed by atoms with Gasteiger partial charge in [-0.1, -0.05) is 19.9 Å². The zero-order valence-electron chi connectivity index (χ0n) is 19.3. The van der Waals surface area contributed by atoms with Gasteiger partial charge in [0.25, 0.3) is 5.56 Å². The van der Waals surface area contributed by atoms with Crippen LogP contribution in [0, 0.1) is 11.8 Å². The van der Waals surface area contributed by atoms with Gasteiger partial charge < -0.3 is 24.8 Å². The number of piperidine rings is 1. The van der Waals surface area contributed by atoms with Gasteiger partial charge in [-0.15, -0.1) is 13.2 Å². The number of rotatable bonds is 5. The molecule has 0 aliphatic carbocycles. The Labute approximate surface area is 200 Å². The van der Waals surface area contributed by atoms with Crippen LogP contribution in [0.2, 0.25) is 0 Å². The number of likely N-dealkylation sites (tertiary alicyclic amines) is 1. The van der Waals surface area contributed by atoms with Gasteiger partial charge in [0.05, 0.1) is 0 Å². The van der Waals surface area contributed by atoms with Gasteiger partial charge in [-0.05, 0) is 48.6 Å². The van der Waals surface area contributed by atoms with Gasteiger partial charge in [0.1, 0.15) is 11.8 Å². The minimum Gasteiger partial charge on any atom is -0.406 e. The highest BCUT2D eigenvalue weighted by Crippen LogP contribution is 2.35. The largest absolute Gasteiger partial charge is 0.573 e. The summed E-state index contributed by atoms with van der Waals surface area (Å²) in [7, 11) is 0. The second-order valence-electron chi connectivity index (χ2n) is 9.34. The molecule has 0 spiro atoms. The summed E-state index contributed by atoms with van der Waals surface area (Å²) in [6, 6.07) is 8.75. The molecule has 35 heavy (non-hydrogen) atoms. The van der Waals surface area contributed by atoms with Crippen molar-refractivity contribution in [3.63, 3.8) is 0 Å². The van der Waals surface area contributed by atoms with Crippen LogP contribution in [0.25, 0.3) is 0 Å². The van der Waals surface area contributed by atoms with E-state index in [0.29, 0.717) is 19.6 Å². The summed E-state index contributed by atoms with van der Waals surface area (Å²) in [6.45, 7) is 5.06. The van der Waals surface area contributed by atoms with Crippen LogP contribution in [0.15, 0.2) is 47.3 Å². The molecule has 1 fully saturated rings. The van der Waals surface area contributed by atoms with E-state index in [9.17, 15) is 27.6 Å². The molecule has 3 unspecified atom stereocenters. The highest BCUT2D eigenvalue weighted by atomic mass is 19.4. The first-order valence-corrected chi connectivity index (χ1v) is 11.4. The van der Waals surface area contributed by atoms with Crippen LogP contribution >= 0.6 is 0 Å². The number of alkyl halides is 3. The van der Waals surface area contributed by atoms with Crippen LogP contribution in [0.1, 0.15) is 31.9 Å². The first-order valence-electron chi connectivity index (χ1n) is 11.4. The normalized spacial score (nSPS) is 20.1. The van der Waals surface area contributed by atoms with Gasteiger partial charge in [-0.25, -0.2) is 4.79 Å². The Morgan fingerprint density at radius 3 is 2.43 bits per heavy atom. The summed E-state index contributed by atoms with van der Waals surface area (Å²) in [6.07, 6.45) is -3.90. The van der Waals surface area contributed by atoms with E-state index in [1.54, 1.807) is 29.4 Å². The Morgan fingerprint density at radius 2 is 1.77 bits per heavy atom. The van der Waals surface area contributed by atoms with Gasteiger partial charge in [0.15, 0.2) is 0 Å². The number of ether oxygens (including phenoxy) is 1. The minimum absolute atomic E-state index is 0.0374. The highest BCUT2D eigenvalue weighted by Gasteiger charge is 2.37. The summed E-state index contributed by atoms with van der Waals surface area (Å²) in [5, 5.41) is 5.44. The molecular formula is C24H27F3N4O4. The first-order chi connectivity index (χ1) is 16.5. The number of hydrogen-bond acceptors (Lipinski definition) is 4. The van der Waals surface area contributed by atoms with Gasteiger partial charge in [0.2, 0.25) is 5.91 Å². The van der Waals surface area contributed by atoms with Gasteiger partial charge in [0, 0.05) is 43.0 Å². The van der Waals surface area contributed by atoms with E-state index in [1.807, 2.05) is 6.07 Å². The number of carbonyl (C=O) groups excluding carboxylic acids is 2. The standard InChI is InChI=1S/C24H27F3N4O4/c1-14(2)21(22(33)28-17-6-8-18(9-7-17)35-24(25,26)27)29-23(34)30-11-15-10-16(13-30)19-4-3-5-20(32)31(19)12-15/h3-9,14-16,21H,10-13H2,1-2H3,(H,28,33)(H,29,34). The van der Waals surface area contributed by atoms with E-state index in [0.717, 1.165) is 24.2 Å². The van der Waals surface area contributed by atoms with Crippen LogP contribution in [0.4, 0.5) is 23.7 Å². The second-order valence-corrected chi connectivity index (χ2v) is 9.34. The zero-order valence-corrected chi connectivity index (χ0v) is 19.3. The Morgan fingerprint density at radius 1 is 1.06 bits per heavy atom. The Balaban J connectivity index is 1.40. The molecule has 2 N–H and O–H groups in total. The van der Waals surface area contributed by atoms with E-state index in [4.69, 9.17) is 0 Å². The Hall–Kier alpha value is -3.50. The summed E-state index contributed by atoms with van der Waals surface area (Å²) in [5.74, 6) is -0.923. The average Bonchev–Trinajstić information content (AvgIpc) is 2.78. The highest BCUT2D eigenvalue weighted by molar-refractivity contribution is 5.97. The predicted molar refractivity (Wildman–Crippen MR) is 122 cm³/mol. The number of urea groups is 1. The third-order valence-electron chi connectivity index (χ3n) is 6.35. The lowest BCUT2D eigenvalue weighted by Gasteiger charge is -2.43. The Kier molecular flexibility index (Phi) is 6.77. The van der Waals surface area contributed by atoms with Crippen molar-refractivity contribution >= 4 is 17.6 Å². The molecule has 3 heterocycles. The topological polar surface area (TPSA) is 92.7 Å². The van der Waals surface area contributed by atoms with Crippen LogP contribution in [-0.4, -0.2) is 46.9 Å². The molecule has 0 radical (unpaired) electrons. The number of anilines is 1. The SMILES string of the molecule is CC(C)C(NC(=O)N1CC2CC(C1)c1cccc(=O)n1C2)C(=O)Nc1ccc(OC(F)(F)F)cc1. The first kappa shape index (κ1) is 24.6. The number of nitrogens with one attached hydrogen (secondary N) is 2. The molecule has 0 saturated carbocycles. The smallest absolute Gasteiger partial charge is 0.406 e. The minimum atomic E-state index is -4.80. The van der Waals surface area contributed by atoms with Crippen LogP contribution in [0.5, 0.6) is 5.75 Å². The maximum absolute atomic E-state index is 13.1. The molecule has 3 atom stereocenters. The van der Waals surface area contributed by atoms with Gasteiger partial charge in [-0.3, -0.25) is 9.59 Å². The molecule has 2 aliphatic rings. The molecule has 4 rings (SSSR count). The number of fused-ring (bicyclic) bond motifs is 4. The number of aromatic nitrogens is 1. The van der Waals surface area contributed by atoms with Crippen molar-refractivity contribution in [3.05, 3.63) is 58.5 Å². The van der Waals surface area contributed by atoms with Crippen molar-refractivity contribution in [1.29, 1.82) is 0 Å². The van der Waals surface area contributed by atoms with E-state index >= 15 is 0 Å². The quantitative estimate of drug-likeness (QED) is 0.668. The van der Waals surface area contributed by atoms with E-state index in [2.05, 4.69) is 15.4 Å². The van der Waals surface area contributed by atoms with Crippen molar-refractivity contribution in [1.82, 2.24) is 14.8 Å². The number of nitrogens with zero attached hydrogens (tertiary/aromatic N) is 2. The molecule has 2 bridgehead atoms. The molecule has 2 aliphatic heterocycles. The van der Waals surface area contributed by atoms with E-state index < -0.39 is 24.1 Å². The molecule has 8 nitrogen and oxygen atoms in total. The lowest BCUT2D eigenvalue weighted by Crippen LogP contribution is -2.56. The lowest BCUT2D eigenvalue weighted by atomic mass is 9.83. The van der Waals surface area contributed by atoms with Gasteiger partial charge in [-0.2, -0.15) is 0 Å². The van der Waals surface area contributed by atoms with Crippen LogP contribution in [-0.2, 0) is 11.3 Å². The van der Waals surface area contributed by atoms with Crippen molar-refractivity contribution in [2.75, 3.05) is 18.4 Å². The number of carbonyl (C=O) groups is 2. The summed E-state index contributed by atoms with van der Waals surface area (Å²) in [5.41, 5.74) is 1.16. The van der Waals surface area contributed by atoms with E-state index in [1.165, 1.54) is 18.2 Å². The fourth-order valence-corrected chi connectivity index (χ4v) is 4.78. The monoisotopic (exact) mass is 492 g/mol.